The lowest BCUT2D eigenvalue weighted by molar-refractivity contribution is 0.141. The fraction of sp³-hybridized carbons (Fsp3) is 0.500. The third-order valence-corrected chi connectivity index (χ3v) is 2.34. The summed E-state index contributed by atoms with van der Waals surface area (Å²) in [6, 6.07) is 10.5. The van der Waals surface area contributed by atoms with Crippen LogP contribution >= 0.6 is 0 Å². The molecule has 1 aromatic carbocycles. The molecule has 0 bridgehead atoms. The van der Waals surface area contributed by atoms with Crippen molar-refractivity contribution < 1.29 is 9.53 Å². The number of ether oxygens (including phenoxy) is 1. The number of carbonyl (C=O) groups is 1. The lowest BCUT2D eigenvalue weighted by Gasteiger charge is -2.09. The summed E-state index contributed by atoms with van der Waals surface area (Å²) in [6.07, 6.45) is 2.66. The second-order valence-electron chi connectivity index (χ2n) is 4.38. The van der Waals surface area contributed by atoms with Crippen LogP contribution in [0.4, 0.5) is 4.79 Å². The van der Waals surface area contributed by atoms with E-state index in [-0.39, 0.29) is 12.1 Å². The molecule has 3 nitrogen and oxygen atoms in total. The van der Waals surface area contributed by atoms with Gasteiger partial charge in [-0.05, 0) is 38.7 Å². The van der Waals surface area contributed by atoms with Crippen LogP contribution in [0.25, 0.3) is 0 Å². The van der Waals surface area contributed by atoms with E-state index >= 15 is 0 Å². The van der Waals surface area contributed by atoms with Gasteiger partial charge in [-0.25, -0.2) is 4.79 Å². The van der Waals surface area contributed by atoms with Crippen molar-refractivity contribution in [1.82, 2.24) is 5.32 Å². The minimum Gasteiger partial charge on any atom is -0.450 e. The molecule has 1 amide bonds. The molecule has 0 aliphatic carbocycles. The Morgan fingerprint density at radius 2 is 1.94 bits per heavy atom. The van der Waals surface area contributed by atoms with E-state index < -0.39 is 0 Å². The van der Waals surface area contributed by atoms with Gasteiger partial charge in [-0.15, -0.1) is 0 Å². The predicted molar refractivity (Wildman–Crippen MR) is 69.0 cm³/mol. The Morgan fingerprint density at radius 1 is 1.24 bits per heavy atom. The largest absolute Gasteiger partial charge is 0.450 e. The van der Waals surface area contributed by atoms with Crippen LogP contribution in [0.1, 0.15) is 32.3 Å². The van der Waals surface area contributed by atoms with Gasteiger partial charge in [0.15, 0.2) is 0 Å². The van der Waals surface area contributed by atoms with E-state index in [0.29, 0.717) is 6.61 Å². The molecule has 0 aliphatic rings. The molecule has 0 heterocycles. The second kappa shape index (κ2) is 7.71. The van der Waals surface area contributed by atoms with Gasteiger partial charge in [0.05, 0.1) is 6.61 Å². The van der Waals surface area contributed by atoms with Crippen molar-refractivity contribution in [3.8, 4) is 0 Å². The summed E-state index contributed by atoms with van der Waals surface area (Å²) in [5, 5.41) is 2.69. The van der Waals surface area contributed by atoms with Crippen LogP contribution in [-0.2, 0) is 11.2 Å². The highest BCUT2D eigenvalue weighted by atomic mass is 16.5. The van der Waals surface area contributed by atoms with Crippen LogP contribution in [0.5, 0.6) is 0 Å². The van der Waals surface area contributed by atoms with E-state index in [4.69, 9.17) is 4.74 Å². The number of amides is 1. The Balaban J connectivity index is 2.03. The Kier molecular flexibility index (Phi) is 6.15. The molecule has 0 spiro atoms. The monoisotopic (exact) mass is 235 g/mol. The second-order valence-corrected chi connectivity index (χ2v) is 4.38. The van der Waals surface area contributed by atoms with Crippen LogP contribution in [0.2, 0.25) is 0 Å². The number of unbranched alkanes of at least 4 members (excludes halogenated alkanes) is 1. The highest BCUT2D eigenvalue weighted by molar-refractivity contribution is 5.67. The molecular weight excluding hydrogens is 214 g/mol. The Bertz CT molecular complexity index is 322. The number of nitrogens with one attached hydrogen (secondary N) is 1. The average Bonchev–Trinajstić information content (AvgIpc) is 2.29. The minimum atomic E-state index is -0.320. The molecular formula is C14H21NO2. The van der Waals surface area contributed by atoms with E-state index in [0.717, 1.165) is 19.3 Å². The normalized spacial score (nSPS) is 10.3. The van der Waals surface area contributed by atoms with Crippen LogP contribution in [0, 0.1) is 0 Å². The maximum Gasteiger partial charge on any atom is 0.407 e. The summed E-state index contributed by atoms with van der Waals surface area (Å²) >= 11 is 0. The van der Waals surface area contributed by atoms with Crippen LogP contribution in [-0.4, -0.2) is 18.7 Å². The average molecular weight is 235 g/mol. The van der Waals surface area contributed by atoms with Crippen molar-refractivity contribution in [2.45, 2.75) is 39.2 Å². The van der Waals surface area contributed by atoms with Gasteiger partial charge in [0.1, 0.15) is 0 Å². The molecule has 1 rings (SSSR count). The number of alkyl carbamates (subject to hydrolysis) is 1. The van der Waals surface area contributed by atoms with E-state index in [9.17, 15) is 4.79 Å². The van der Waals surface area contributed by atoms with Crippen LogP contribution < -0.4 is 5.32 Å². The lowest BCUT2D eigenvalue weighted by Crippen LogP contribution is -2.30. The molecule has 1 N–H and O–H groups in total. The van der Waals surface area contributed by atoms with Gasteiger partial charge in [-0.2, -0.15) is 0 Å². The SMILES string of the molecule is CC(C)NC(=O)OCCCCc1ccccc1. The third kappa shape index (κ3) is 6.61. The fourth-order valence-electron chi connectivity index (χ4n) is 1.52. The molecule has 94 valence electrons. The first-order valence-corrected chi connectivity index (χ1v) is 6.15. The smallest absolute Gasteiger partial charge is 0.407 e. The van der Waals surface area contributed by atoms with Crippen molar-refractivity contribution in [2.75, 3.05) is 6.61 Å². The van der Waals surface area contributed by atoms with Gasteiger partial charge < -0.3 is 10.1 Å². The molecule has 0 aromatic heterocycles. The van der Waals surface area contributed by atoms with Crippen molar-refractivity contribution >= 4 is 6.09 Å². The van der Waals surface area contributed by atoms with Gasteiger partial charge in [0, 0.05) is 6.04 Å². The lowest BCUT2D eigenvalue weighted by atomic mass is 10.1. The summed E-state index contributed by atoms with van der Waals surface area (Å²) < 4.78 is 5.04. The zero-order valence-electron chi connectivity index (χ0n) is 10.6. The molecule has 0 atom stereocenters. The Morgan fingerprint density at radius 3 is 2.59 bits per heavy atom. The highest BCUT2D eigenvalue weighted by Gasteiger charge is 2.02. The minimum absolute atomic E-state index is 0.131. The molecule has 0 unspecified atom stereocenters. The maximum absolute atomic E-state index is 11.2. The number of carbonyl (C=O) groups excluding carboxylic acids is 1. The maximum atomic E-state index is 11.2. The molecule has 0 fully saturated rings. The summed E-state index contributed by atoms with van der Waals surface area (Å²) in [4.78, 5) is 11.2. The van der Waals surface area contributed by atoms with E-state index in [1.165, 1.54) is 5.56 Å². The molecule has 3 heteroatoms. The summed E-state index contributed by atoms with van der Waals surface area (Å²) in [6.45, 7) is 4.32. The first-order chi connectivity index (χ1) is 8.18. The number of hydrogen-bond acceptors (Lipinski definition) is 2. The fourth-order valence-corrected chi connectivity index (χ4v) is 1.52. The predicted octanol–water partition coefficient (Wildman–Crippen LogP) is 3.14. The first kappa shape index (κ1) is 13.6. The highest BCUT2D eigenvalue weighted by Crippen LogP contribution is 2.04. The van der Waals surface area contributed by atoms with E-state index in [1.807, 2.05) is 32.0 Å². The van der Waals surface area contributed by atoms with Crippen LogP contribution in [0.3, 0.4) is 0 Å². The van der Waals surface area contributed by atoms with Crippen molar-refractivity contribution in [3.63, 3.8) is 0 Å². The van der Waals surface area contributed by atoms with E-state index in [1.54, 1.807) is 0 Å². The quantitative estimate of drug-likeness (QED) is 0.769. The molecule has 0 saturated heterocycles. The third-order valence-electron chi connectivity index (χ3n) is 2.34. The van der Waals surface area contributed by atoms with Gasteiger partial charge in [-0.3, -0.25) is 0 Å². The summed E-state index contributed by atoms with van der Waals surface area (Å²) in [5.74, 6) is 0. The molecule has 0 radical (unpaired) electrons. The standard InChI is InChI=1S/C14H21NO2/c1-12(2)15-14(16)17-11-7-6-10-13-8-4-3-5-9-13/h3-5,8-9,12H,6-7,10-11H2,1-2H3,(H,15,16). The van der Waals surface area contributed by atoms with Crippen molar-refractivity contribution in [2.24, 2.45) is 0 Å². The zero-order chi connectivity index (χ0) is 12.5. The van der Waals surface area contributed by atoms with Gasteiger partial charge in [-0.1, -0.05) is 30.3 Å². The Hall–Kier alpha value is -1.51. The molecule has 0 saturated carbocycles. The number of rotatable bonds is 6. The number of aryl methyl sites for hydroxylation is 1. The van der Waals surface area contributed by atoms with Gasteiger partial charge in [0.25, 0.3) is 0 Å². The van der Waals surface area contributed by atoms with Crippen LogP contribution in [0.15, 0.2) is 30.3 Å². The topological polar surface area (TPSA) is 38.3 Å². The number of benzene rings is 1. The zero-order valence-corrected chi connectivity index (χ0v) is 10.6. The number of hydrogen-bond donors (Lipinski definition) is 1. The first-order valence-electron chi connectivity index (χ1n) is 6.15. The Labute approximate surface area is 103 Å². The van der Waals surface area contributed by atoms with Gasteiger partial charge >= 0.3 is 6.09 Å². The molecule has 17 heavy (non-hydrogen) atoms. The van der Waals surface area contributed by atoms with Crippen molar-refractivity contribution in [3.05, 3.63) is 35.9 Å². The molecule has 1 aromatic rings. The van der Waals surface area contributed by atoms with Crippen molar-refractivity contribution in [1.29, 1.82) is 0 Å². The summed E-state index contributed by atoms with van der Waals surface area (Å²) in [7, 11) is 0. The van der Waals surface area contributed by atoms with Gasteiger partial charge in [0.2, 0.25) is 0 Å². The summed E-state index contributed by atoms with van der Waals surface area (Å²) in [5.41, 5.74) is 1.33. The molecule has 0 aliphatic heterocycles. The van der Waals surface area contributed by atoms with E-state index in [2.05, 4.69) is 17.4 Å².